The molecule has 1 aromatic heterocycles. The van der Waals surface area contributed by atoms with E-state index >= 15 is 0 Å². The predicted octanol–water partition coefficient (Wildman–Crippen LogP) is 2.73. The molecule has 0 N–H and O–H groups in total. The standard InChI is InChI=1S/C19H29N3O3/c1-2-16(23)9-14-11-24-19-17(12-25-18(14)19)22-10-15(20-21-22)8-13-6-4-3-5-7-13/h10,13-14,17-19H,2-9,11-12H2,1H3/t14-,17-,18+,19+/m0/s1. The first-order chi connectivity index (χ1) is 12.2. The third-order valence-corrected chi connectivity index (χ3v) is 6.13. The molecule has 0 aromatic carbocycles. The van der Waals surface area contributed by atoms with E-state index in [2.05, 4.69) is 16.5 Å². The number of fused-ring (bicyclic) bond motifs is 1. The Balaban J connectivity index is 1.37. The fourth-order valence-electron chi connectivity index (χ4n) is 4.65. The molecule has 1 saturated carbocycles. The molecular weight excluding hydrogens is 318 g/mol. The second-order valence-corrected chi connectivity index (χ2v) is 7.92. The molecule has 1 aliphatic carbocycles. The molecule has 3 fully saturated rings. The van der Waals surface area contributed by atoms with Gasteiger partial charge in [-0.2, -0.15) is 0 Å². The van der Waals surface area contributed by atoms with E-state index in [0.29, 0.717) is 26.1 Å². The van der Waals surface area contributed by atoms with Crippen molar-refractivity contribution in [2.75, 3.05) is 13.2 Å². The number of rotatable bonds is 6. The highest BCUT2D eigenvalue weighted by molar-refractivity contribution is 5.78. The van der Waals surface area contributed by atoms with Gasteiger partial charge in [0.25, 0.3) is 0 Å². The van der Waals surface area contributed by atoms with Crippen molar-refractivity contribution in [1.82, 2.24) is 15.0 Å². The van der Waals surface area contributed by atoms with Gasteiger partial charge in [-0.1, -0.05) is 44.2 Å². The van der Waals surface area contributed by atoms with E-state index in [1.807, 2.05) is 11.6 Å². The van der Waals surface area contributed by atoms with E-state index in [1.165, 1.54) is 32.1 Å². The summed E-state index contributed by atoms with van der Waals surface area (Å²) in [6.45, 7) is 3.12. The SMILES string of the molecule is CCC(=O)C[C@H]1CO[C@H]2[C@@H]1OC[C@@H]2n1cc(CC2CCCCC2)nn1. The van der Waals surface area contributed by atoms with Crippen LogP contribution in [-0.4, -0.2) is 46.2 Å². The summed E-state index contributed by atoms with van der Waals surface area (Å²) in [5.41, 5.74) is 1.09. The quantitative estimate of drug-likeness (QED) is 0.791. The van der Waals surface area contributed by atoms with E-state index in [9.17, 15) is 4.79 Å². The van der Waals surface area contributed by atoms with Crippen molar-refractivity contribution in [3.8, 4) is 0 Å². The average Bonchev–Trinajstić information content (AvgIpc) is 3.33. The van der Waals surface area contributed by atoms with Gasteiger partial charge in [0.15, 0.2) is 0 Å². The number of nitrogens with zero attached hydrogens (tertiary/aromatic N) is 3. The number of Topliss-reactive ketones (excluding diaryl/α,β-unsaturated/α-hetero) is 1. The van der Waals surface area contributed by atoms with Crippen LogP contribution in [-0.2, 0) is 20.7 Å². The lowest BCUT2D eigenvalue weighted by Gasteiger charge is -2.20. The van der Waals surface area contributed by atoms with Crippen LogP contribution in [0.1, 0.15) is 63.6 Å². The number of carbonyl (C=O) groups excluding carboxylic acids is 1. The molecule has 138 valence electrons. The van der Waals surface area contributed by atoms with Gasteiger partial charge in [0.05, 0.1) is 25.0 Å². The number of ether oxygens (including phenoxy) is 2. The molecule has 3 heterocycles. The summed E-state index contributed by atoms with van der Waals surface area (Å²) >= 11 is 0. The largest absolute Gasteiger partial charge is 0.373 e. The molecule has 0 radical (unpaired) electrons. The molecule has 0 spiro atoms. The summed E-state index contributed by atoms with van der Waals surface area (Å²) in [6.07, 6.45) is 11.0. The third kappa shape index (κ3) is 3.65. The predicted molar refractivity (Wildman–Crippen MR) is 92.2 cm³/mol. The molecule has 0 amide bonds. The zero-order valence-corrected chi connectivity index (χ0v) is 15.1. The second kappa shape index (κ2) is 7.54. The summed E-state index contributed by atoms with van der Waals surface area (Å²) in [7, 11) is 0. The topological polar surface area (TPSA) is 66.2 Å². The first-order valence-electron chi connectivity index (χ1n) is 9.90. The van der Waals surface area contributed by atoms with Crippen molar-refractivity contribution in [3.63, 3.8) is 0 Å². The van der Waals surface area contributed by atoms with Gasteiger partial charge in [-0.25, -0.2) is 4.68 Å². The van der Waals surface area contributed by atoms with Crippen LogP contribution in [0.5, 0.6) is 0 Å². The highest BCUT2D eigenvalue weighted by atomic mass is 16.6. The van der Waals surface area contributed by atoms with Gasteiger partial charge in [-0.05, 0) is 12.3 Å². The highest BCUT2D eigenvalue weighted by Crippen LogP contribution is 2.38. The van der Waals surface area contributed by atoms with Crippen molar-refractivity contribution >= 4 is 5.78 Å². The van der Waals surface area contributed by atoms with Crippen molar-refractivity contribution in [3.05, 3.63) is 11.9 Å². The number of hydrogen-bond acceptors (Lipinski definition) is 5. The minimum absolute atomic E-state index is 0.00103. The normalized spacial score (nSPS) is 32.8. The van der Waals surface area contributed by atoms with Crippen LogP contribution in [0.15, 0.2) is 6.20 Å². The van der Waals surface area contributed by atoms with Crippen molar-refractivity contribution < 1.29 is 14.3 Å². The van der Waals surface area contributed by atoms with E-state index in [4.69, 9.17) is 9.47 Å². The highest BCUT2D eigenvalue weighted by Gasteiger charge is 2.49. The van der Waals surface area contributed by atoms with Gasteiger partial charge < -0.3 is 9.47 Å². The minimum atomic E-state index is -0.00103. The van der Waals surface area contributed by atoms with Crippen molar-refractivity contribution in [2.24, 2.45) is 11.8 Å². The second-order valence-electron chi connectivity index (χ2n) is 7.92. The van der Waals surface area contributed by atoms with Crippen LogP contribution in [0.25, 0.3) is 0 Å². The minimum Gasteiger partial charge on any atom is -0.373 e. The number of aromatic nitrogens is 3. The van der Waals surface area contributed by atoms with Crippen LogP contribution in [0.4, 0.5) is 0 Å². The van der Waals surface area contributed by atoms with Crippen molar-refractivity contribution in [1.29, 1.82) is 0 Å². The molecule has 0 unspecified atom stereocenters. The molecule has 1 aromatic rings. The number of carbonyl (C=O) groups is 1. The van der Waals surface area contributed by atoms with Crippen LogP contribution in [0, 0.1) is 11.8 Å². The first-order valence-corrected chi connectivity index (χ1v) is 9.90. The Hall–Kier alpha value is -1.27. The number of ketones is 1. The van der Waals surface area contributed by atoms with Crippen LogP contribution in [0.3, 0.4) is 0 Å². The van der Waals surface area contributed by atoms with Gasteiger partial charge >= 0.3 is 0 Å². The fourth-order valence-corrected chi connectivity index (χ4v) is 4.65. The Kier molecular flexibility index (Phi) is 5.17. The summed E-state index contributed by atoms with van der Waals surface area (Å²) < 4.78 is 13.9. The smallest absolute Gasteiger partial charge is 0.133 e. The van der Waals surface area contributed by atoms with E-state index in [-0.39, 0.29) is 30.0 Å². The molecule has 4 rings (SSSR count). The van der Waals surface area contributed by atoms with E-state index in [0.717, 1.165) is 18.0 Å². The van der Waals surface area contributed by atoms with Crippen LogP contribution >= 0.6 is 0 Å². The van der Waals surface area contributed by atoms with E-state index in [1.54, 1.807) is 0 Å². The lowest BCUT2D eigenvalue weighted by atomic mass is 9.86. The Morgan fingerprint density at radius 2 is 2.00 bits per heavy atom. The Morgan fingerprint density at radius 3 is 2.80 bits per heavy atom. The lowest BCUT2D eigenvalue weighted by molar-refractivity contribution is -0.120. The van der Waals surface area contributed by atoms with E-state index < -0.39 is 0 Å². The third-order valence-electron chi connectivity index (χ3n) is 6.13. The van der Waals surface area contributed by atoms with Gasteiger partial charge in [0, 0.05) is 25.0 Å². The molecule has 2 aliphatic heterocycles. The molecule has 2 saturated heterocycles. The molecule has 6 nitrogen and oxygen atoms in total. The summed E-state index contributed by atoms with van der Waals surface area (Å²) in [5, 5.41) is 8.76. The summed E-state index contributed by atoms with van der Waals surface area (Å²) in [5.74, 6) is 1.24. The van der Waals surface area contributed by atoms with Gasteiger partial charge in [0.2, 0.25) is 0 Å². The maximum Gasteiger partial charge on any atom is 0.133 e. The molecule has 4 atom stereocenters. The van der Waals surface area contributed by atoms with Gasteiger partial charge in [0.1, 0.15) is 17.9 Å². The fraction of sp³-hybridized carbons (Fsp3) is 0.842. The molecule has 3 aliphatic rings. The Labute approximate surface area is 149 Å². The van der Waals surface area contributed by atoms with Gasteiger partial charge in [-0.3, -0.25) is 4.79 Å². The average molecular weight is 347 g/mol. The van der Waals surface area contributed by atoms with Gasteiger partial charge in [-0.15, -0.1) is 5.10 Å². The summed E-state index contributed by atoms with van der Waals surface area (Å²) in [6, 6.07) is 0.0827. The maximum atomic E-state index is 11.8. The Morgan fingerprint density at radius 1 is 1.20 bits per heavy atom. The molecular formula is C19H29N3O3. The van der Waals surface area contributed by atoms with Crippen LogP contribution < -0.4 is 0 Å². The van der Waals surface area contributed by atoms with Crippen molar-refractivity contribution in [2.45, 2.75) is 76.5 Å². The Bertz CT molecular complexity index is 596. The van der Waals surface area contributed by atoms with Crippen LogP contribution in [0.2, 0.25) is 0 Å². The maximum absolute atomic E-state index is 11.8. The summed E-state index contributed by atoms with van der Waals surface area (Å²) in [4.78, 5) is 11.8. The first kappa shape index (κ1) is 17.2. The lowest BCUT2D eigenvalue weighted by Crippen LogP contribution is -2.29. The monoisotopic (exact) mass is 347 g/mol. The zero-order valence-electron chi connectivity index (χ0n) is 15.1. The molecule has 0 bridgehead atoms. The molecule has 6 heteroatoms. The molecule has 25 heavy (non-hydrogen) atoms. The zero-order chi connectivity index (χ0) is 17.2. The number of hydrogen-bond donors (Lipinski definition) is 0.